The van der Waals surface area contributed by atoms with Crippen molar-refractivity contribution in [2.24, 2.45) is 0 Å². The van der Waals surface area contributed by atoms with Gasteiger partial charge in [0.2, 0.25) is 8.32 Å². The predicted molar refractivity (Wildman–Crippen MR) is 152 cm³/mol. The normalized spacial score (nSPS) is 17.1. The van der Waals surface area contributed by atoms with E-state index in [2.05, 4.69) is 79.8 Å². The highest BCUT2D eigenvalue weighted by molar-refractivity contribution is 6.74. The first-order valence-corrected chi connectivity index (χ1v) is 16.2. The Morgan fingerprint density at radius 1 is 1.00 bits per heavy atom. The Morgan fingerprint density at radius 3 is 2.20 bits per heavy atom. The molecule has 1 aliphatic rings. The van der Waals surface area contributed by atoms with Crippen LogP contribution in [-0.4, -0.2) is 20.2 Å². The fourth-order valence-corrected chi connectivity index (χ4v) is 4.92. The van der Waals surface area contributed by atoms with Crippen LogP contribution in [0.5, 0.6) is 11.5 Å². The van der Waals surface area contributed by atoms with Gasteiger partial charge in [0.1, 0.15) is 17.6 Å². The van der Waals surface area contributed by atoms with Gasteiger partial charge in [-0.15, -0.1) is 0 Å². The second-order valence-corrected chi connectivity index (χ2v) is 16.6. The van der Waals surface area contributed by atoms with Crippen LogP contribution >= 0.6 is 0 Å². The molecule has 3 nitrogen and oxygen atoms in total. The van der Waals surface area contributed by atoms with Crippen molar-refractivity contribution in [3.05, 3.63) is 58.7 Å². The Balaban J connectivity index is 1.85. The maximum Gasteiger partial charge on any atom is 0.250 e. The molecule has 0 saturated heterocycles. The number of carbonyl (C=O) groups excluding carboxylic acids is 1. The molecule has 2 rings (SSSR count). The average Bonchev–Trinajstić information content (AvgIpc) is 2.73. The molecule has 35 heavy (non-hydrogen) atoms. The van der Waals surface area contributed by atoms with Gasteiger partial charge in [-0.05, 0) is 103 Å². The van der Waals surface area contributed by atoms with Crippen LogP contribution in [0.15, 0.2) is 53.1 Å². The number of Topliss-reactive ketones (excluding diaryl/α,β-unsaturated/α-hetero) is 1. The number of fused-ring (bicyclic) bond motifs is 1. The van der Waals surface area contributed by atoms with Gasteiger partial charge in [0.05, 0.1) is 5.56 Å². The highest BCUT2D eigenvalue weighted by Gasteiger charge is 2.39. The molecule has 0 N–H and O–H groups in total. The zero-order chi connectivity index (χ0) is 26.2. The van der Waals surface area contributed by atoms with Crippen molar-refractivity contribution in [1.29, 1.82) is 0 Å². The topological polar surface area (TPSA) is 35.5 Å². The van der Waals surface area contributed by atoms with Crippen molar-refractivity contribution in [3.8, 4) is 11.5 Å². The SMILES string of the molecule is CC(C)=CCC/C(C)=C/CC/C(C)=C/CCC1CC(=O)c2cc(O[Si](C)(C)C(C)(C)C)ccc2O1. The third-order valence-corrected chi connectivity index (χ3v) is 11.6. The lowest BCUT2D eigenvalue weighted by Gasteiger charge is -2.36. The smallest absolute Gasteiger partial charge is 0.250 e. The second kappa shape index (κ2) is 12.8. The van der Waals surface area contributed by atoms with Crippen LogP contribution in [0.25, 0.3) is 0 Å². The molecule has 0 radical (unpaired) electrons. The van der Waals surface area contributed by atoms with E-state index < -0.39 is 8.32 Å². The Labute approximate surface area is 215 Å². The number of ether oxygens (including phenoxy) is 1. The van der Waals surface area contributed by atoms with Crippen LogP contribution in [0.1, 0.15) is 104 Å². The summed E-state index contributed by atoms with van der Waals surface area (Å²) in [6.07, 6.45) is 13.6. The number of benzene rings is 1. The summed E-state index contributed by atoms with van der Waals surface area (Å²) in [6, 6.07) is 5.75. The van der Waals surface area contributed by atoms with Crippen molar-refractivity contribution in [3.63, 3.8) is 0 Å². The summed E-state index contributed by atoms with van der Waals surface area (Å²) >= 11 is 0. The van der Waals surface area contributed by atoms with Gasteiger partial charge in [0.15, 0.2) is 5.78 Å². The van der Waals surface area contributed by atoms with Crippen molar-refractivity contribution >= 4 is 14.1 Å². The molecule has 0 aromatic heterocycles. The lowest BCUT2D eigenvalue weighted by atomic mass is 9.97. The van der Waals surface area contributed by atoms with E-state index in [0.717, 1.165) is 44.3 Å². The fourth-order valence-electron chi connectivity index (χ4n) is 3.89. The third-order valence-electron chi connectivity index (χ3n) is 7.24. The van der Waals surface area contributed by atoms with E-state index in [4.69, 9.17) is 9.16 Å². The van der Waals surface area contributed by atoms with E-state index in [1.807, 2.05) is 18.2 Å². The molecule has 194 valence electrons. The van der Waals surface area contributed by atoms with Crippen LogP contribution in [-0.2, 0) is 0 Å². The number of ketones is 1. The standard InChI is InChI=1S/C31H48O3Si/c1-23(2)13-10-14-24(3)15-11-16-25(4)17-12-18-26-22-29(32)28-21-27(19-20-30(28)33-26)34-35(8,9)31(5,6)7/h13,15,17,19-21,26H,10-12,14,16,18,22H2,1-9H3/b24-15+,25-17+. The van der Waals surface area contributed by atoms with E-state index >= 15 is 0 Å². The van der Waals surface area contributed by atoms with E-state index in [1.54, 1.807) is 0 Å². The number of hydrogen-bond acceptors (Lipinski definition) is 3. The molecular formula is C31H48O3Si. The molecule has 1 unspecified atom stereocenters. The van der Waals surface area contributed by atoms with Crippen LogP contribution in [0.2, 0.25) is 18.1 Å². The molecule has 1 heterocycles. The number of hydrogen-bond donors (Lipinski definition) is 0. The van der Waals surface area contributed by atoms with Gasteiger partial charge < -0.3 is 9.16 Å². The Bertz CT molecular complexity index is 956. The number of allylic oxidation sites excluding steroid dienone is 6. The minimum Gasteiger partial charge on any atom is -0.543 e. The molecule has 1 atom stereocenters. The van der Waals surface area contributed by atoms with Crippen molar-refractivity contribution in [2.75, 3.05) is 0 Å². The maximum absolute atomic E-state index is 12.9. The zero-order valence-corrected chi connectivity index (χ0v) is 24.7. The lowest BCUT2D eigenvalue weighted by molar-refractivity contribution is 0.0840. The first-order valence-electron chi connectivity index (χ1n) is 13.3. The molecule has 0 spiro atoms. The summed E-state index contributed by atoms with van der Waals surface area (Å²) in [5, 5.41) is 0.112. The molecule has 0 bridgehead atoms. The van der Waals surface area contributed by atoms with Crippen molar-refractivity contribution in [1.82, 2.24) is 0 Å². The molecule has 1 aromatic carbocycles. The monoisotopic (exact) mass is 496 g/mol. The van der Waals surface area contributed by atoms with Gasteiger partial charge in [-0.1, -0.05) is 55.7 Å². The quantitative estimate of drug-likeness (QED) is 0.226. The summed E-state index contributed by atoms with van der Waals surface area (Å²) in [7, 11) is -1.95. The van der Waals surface area contributed by atoms with Crippen LogP contribution in [0.4, 0.5) is 0 Å². The predicted octanol–water partition coefficient (Wildman–Crippen LogP) is 9.60. The van der Waals surface area contributed by atoms with Gasteiger partial charge in [-0.3, -0.25) is 4.79 Å². The summed E-state index contributed by atoms with van der Waals surface area (Å²) < 4.78 is 12.6. The van der Waals surface area contributed by atoms with Gasteiger partial charge in [-0.2, -0.15) is 0 Å². The molecule has 1 aromatic rings. The minimum atomic E-state index is -1.95. The Hall–Kier alpha value is -2.07. The maximum atomic E-state index is 12.9. The van der Waals surface area contributed by atoms with Crippen molar-refractivity contribution < 1.29 is 14.0 Å². The van der Waals surface area contributed by atoms with E-state index in [0.29, 0.717) is 17.7 Å². The Morgan fingerprint density at radius 2 is 1.60 bits per heavy atom. The largest absolute Gasteiger partial charge is 0.543 e. The minimum absolute atomic E-state index is 0.0524. The van der Waals surface area contributed by atoms with Crippen molar-refractivity contribution in [2.45, 2.75) is 118 Å². The van der Waals surface area contributed by atoms with Crippen LogP contribution in [0, 0.1) is 0 Å². The lowest BCUT2D eigenvalue weighted by Crippen LogP contribution is -2.43. The summed E-state index contributed by atoms with van der Waals surface area (Å²) in [4.78, 5) is 12.9. The zero-order valence-electron chi connectivity index (χ0n) is 23.7. The summed E-state index contributed by atoms with van der Waals surface area (Å²) in [5.41, 5.74) is 4.94. The van der Waals surface area contributed by atoms with Crippen LogP contribution < -0.4 is 9.16 Å². The first-order chi connectivity index (χ1) is 16.3. The molecule has 4 heteroatoms. The summed E-state index contributed by atoms with van der Waals surface area (Å²) in [5.74, 6) is 1.64. The fraction of sp³-hybridized carbons (Fsp3) is 0.581. The number of carbonyl (C=O) groups is 1. The second-order valence-electron chi connectivity index (χ2n) is 11.9. The van der Waals surface area contributed by atoms with E-state index in [1.165, 1.54) is 16.7 Å². The molecular weight excluding hydrogens is 448 g/mol. The molecule has 0 amide bonds. The molecule has 1 aliphatic heterocycles. The molecule has 0 fully saturated rings. The Kier molecular flexibility index (Phi) is 10.6. The molecule has 0 aliphatic carbocycles. The van der Waals surface area contributed by atoms with Gasteiger partial charge in [-0.25, -0.2) is 0 Å². The highest BCUT2D eigenvalue weighted by Crippen LogP contribution is 2.39. The third kappa shape index (κ3) is 9.48. The summed E-state index contributed by atoms with van der Waals surface area (Å²) in [6.45, 7) is 19.9. The van der Waals surface area contributed by atoms with Gasteiger partial charge in [0.25, 0.3) is 0 Å². The molecule has 0 saturated carbocycles. The van der Waals surface area contributed by atoms with Gasteiger partial charge >= 0.3 is 0 Å². The van der Waals surface area contributed by atoms with Crippen LogP contribution in [0.3, 0.4) is 0 Å². The van der Waals surface area contributed by atoms with E-state index in [9.17, 15) is 4.79 Å². The van der Waals surface area contributed by atoms with Gasteiger partial charge in [0, 0.05) is 6.42 Å². The number of rotatable bonds is 11. The first kappa shape index (κ1) is 29.2. The highest BCUT2D eigenvalue weighted by atomic mass is 28.4. The average molecular weight is 497 g/mol. The van der Waals surface area contributed by atoms with E-state index in [-0.39, 0.29) is 16.9 Å².